The number of carbonyl (C=O) groups excluding carboxylic acids is 1. The second kappa shape index (κ2) is 4.75. The van der Waals surface area contributed by atoms with E-state index in [1.807, 2.05) is 5.38 Å². The van der Waals surface area contributed by atoms with Gasteiger partial charge in [0.1, 0.15) is 11.6 Å². The Morgan fingerprint density at radius 2 is 2.32 bits per heavy atom. The molecule has 19 heavy (non-hydrogen) atoms. The molecule has 1 aromatic carbocycles. The average molecular weight is 341 g/mol. The minimum atomic E-state index is -0.381. The molecule has 0 aliphatic rings. The number of hydrogen-bond acceptors (Lipinski definition) is 4. The van der Waals surface area contributed by atoms with Gasteiger partial charge in [-0.05, 0) is 34.1 Å². The number of ether oxygens (including phenoxy) is 1. The lowest BCUT2D eigenvalue weighted by Gasteiger charge is -2.03. The largest absolute Gasteiger partial charge is 0.437 e. The maximum atomic E-state index is 13.1. The van der Waals surface area contributed by atoms with Crippen LogP contribution in [0, 0.1) is 5.82 Å². The summed E-state index contributed by atoms with van der Waals surface area (Å²) in [5.74, 6) is 0.233. The molecule has 0 N–H and O–H groups in total. The zero-order chi connectivity index (χ0) is 13.4. The lowest BCUT2D eigenvalue weighted by Crippen LogP contribution is -1.92. The van der Waals surface area contributed by atoms with Gasteiger partial charge in [-0.2, -0.15) is 4.98 Å². The summed E-state index contributed by atoms with van der Waals surface area (Å²) >= 11 is 4.47. The number of rotatable bonds is 3. The number of aromatic nitrogens is 2. The second-order valence-corrected chi connectivity index (χ2v) is 5.38. The number of fused-ring (bicyclic) bond motifs is 1. The van der Waals surface area contributed by atoms with Crippen molar-refractivity contribution in [1.82, 2.24) is 9.38 Å². The van der Waals surface area contributed by atoms with Gasteiger partial charge in [0.15, 0.2) is 16.9 Å². The molecule has 0 fully saturated rings. The van der Waals surface area contributed by atoms with Crippen LogP contribution in [0.4, 0.5) is 4.39 Å². The van der Waals surface area contributed by atoms with Crippen molar-refractivity contribution in [1.29, 1.82) is 0 Å². The summed E-state index contributed by atoms with van der Waals surface area (Å²) in [4.78, 5) is 16.0. The van der Waals surface area contributed by atoms with Crippen molar-refractivity contribution in [3.8, 4) is 11.6 Å². The van der Waals surface area contributed by atoms with E-state index in [9.17, 15) is 9.18 Å². The molecule has 0 saturated carbocycles. The number of hydrogen-bond donors (Lipinski definition) is 0. The molecule has 4 nitrogen and oxygen atoms in total. The molecule has 2 aromatic heterocycles. The molecule has 3 rings (SSSR count). The van der Waals surface area contributed by atoms with E-state index < -0.39 is 0 Å². The van der Waals surface area contributed by atoms with Crippen LogP contribution in [0.2, 0.25) is 0 Å². The molecule has 0 amide bonds. The summed E-state index contributed by atoms with van der Waals surface area (Å²) in [7, 11) is 0. The summed E-state index contributed by atoms with van der Waals surface area (Å²) in [6.07, 6.45) is 2.42. The van der Waals surface area contributed by atoms with Crippen LogP contribution in [0.15, 0.2) is 34.2 Å². The summed E-state index contributed by atoms with van der Waals surface area (Å²) in [6, 6.07) is 4.23. The normalized spacial score (nSPS) is 10.8. The maximum Gasteiger partial charge on any atom is 0.250 e. The monoisotopic (exact) mass is 340 g/mol. The van der Waals surface area contributed by atoms with Crippen molar-refractivity contribution in [2.75, 3.05) is 0 Å². The van der Waals surface area contributed by atoms with Crippen molar-refractivity contribution in [2.24, 2.45) is 0 Å². The first-order valence-electron chi connectivity index (χ1n) is 5.22. The summed E-state index contributed by atoms with van der Waals surface area (Å²) in [6.45, 7) is 0. The number of carbonyl (C=O) groups is 1. The van der Waals surface area contributed by atoms with Crippen molar-refractivity contribution >= 4 is 38.5 Å². The zero-order valence-electron chi connectivity index (χ0n) is 9.34. The second-order valence-electron chi connectivity index (χ2n) is 3.65. The molecule has 0 saturated heterocycles. The Balaban J connectivity index is 2.02. The fourth-order valence-corrected chi connectivity index (χ4v) is 2.69. The quantitative estimate of drug-likeness (QED) is 0.679. The highest BCUT2D eigenvalue weighted by Crippen LogP contribution is 2.29. The van der Waals surface area contributed by atoms with Gasteiger partial charge in [-0.1, -0.05) is 0 Å². The van der Waals surface area contributed by atoms with Crippen LogP contribution in [-0.2, 0) is 0 Å². The third kappa shape index (κ3) is 2.15. The number of aldehydes is 1. The highest BCUT2D eigenvalue weighted by Gasteiger charge is 2.15. The predicted molar refractivity (Wildman–Crippen MR) is 72.6 cm³/mol. The zero-order valence-corrected chi connectivity index (χ0v) is 11.7. The molecule has 3 aromatic rings. The van der Waals surface area contributed by atoms with Gasteiger partial charge in [0, 0.05) is 11.6 Å². The number of benzene rings is 1. The number of nitrogens with zero attached hydrogens (tertiary/aromatic N) is 2. The molecular formula is C12H6BrFN2O2S. The van der Waals surface area contributed by atoms with Crippen molar-refractivity contribution < 1.29 is 13.9 Å². The first-order chi connectivity index (χ1) is 9.19. The van der Waals surface area contributed by atoms with Gasteiger partial charge in [-0.15, -0.1) is 11.3 Å². The van der Waals surface area contributed by atoms with Gasteiger partial charge in [-0.3, -0.25) is 9.20 Å². The standard InChI is InChI=1S/C12H6BrFN2O2S/c13-8-5-7(1-2-9(8)14)18-11-10(6-17)16-3-4-19-12(16)15-11/h1-6H. The van der Waals surface area contributed by atoms with E-state index in [-0.39, 0.29) is 11.7 Å². The minimum absolute atomic E-state index is 0.209. The molecule has 0 unspecified atom stereocenters. The highest BCUT2D eigenvalue weighted by atomic mass is 79.9. The molecule has 7 heteroatoms. The topological polar surface area (TPSA) is 43.6 Å². The highest BCUT2D eigenvalue weighted by molar-refractivity contribution is 9.10. The third-order valence-electron chi connectivity index (χ3n) is 2.48. The number of thiazole rings is 1. The van der Waals surface area contributed by atoms with E-state index in [2.05, 4.69) is 20.9 Å². The van der Waals surface area contributed by atoms with E-state index in [0.717, 1.165) is 0 Å². The van der Waals surface area contributed by atoms with Gasteiger partial charge >= 0.3 is 0 Å². The van der Waals surface area contributed by atoms with Crippen LogP contribution in [0.5, 0.6) is 11.6 Å². The average Bonchev–Trinajstić information content (AvgIpc) is 2.94. The van der Waals surface area contributed by atoms with E-state index in [4.69, 9.17) is 4.74 Å². The number of imidazole rings is 1. The third-order valence-corrected chi connectivity index (χ3v) is 3.85. The molecular weight excluding hydrogens is 335 g/mol. The van der Waals surface area contributed by atoms with Crippen LogP contribution in [-0.4, -0.2) is 15.7 Å². The molecule has 0 bridgehead atoms. The number of halogens is 2. The Morgan fingerprint density at radius 1 is 1.47 bits per heavy atom. The first kappa shape index (κ1) is 12.3. The van der Waals surface area contributed by atoms with Crippen molar-refractivity contribution in [3.63, 3.8) is 0 Å². The van der Waals surface area contributed by atoms with Crippen LogP contribution in [0.3, 0.4) is 0 Å². The lowest BCUT2D eigenvalue weighted by atomic mass is 10.3. The molecule has 96 valence electrons. The van der Waals surface area contributed by atoms with Crippen molar-refractivity contribution in [2.45, 2.75) is 0 Å². The smallest absolute Gasteiger partial charge is 0.250 e. The molecule has 2 heterocycles. The van der Waals surface area contributed by atoms with Gasteiger partial charge in [0.2, 0.25) is 5.88 Å². The summed E-state index contributed by atoms with van der Waals surface area (Å²) < 4.78 is 20.6. The summed E-state index contributed by atoms with van der Waals surface area (Å²) in [5.41, 5.74) is 0.330. The van der Waals surface area contributed by atoms with E-state index in [1.54, 1.807) is 10.6 Å². The van der Waals surface area contributed by atoms with Gasteiger partial charge in [0.25, 0.3) is 0 Å². The Bertz CT molecular complexity index is 768. The van der Waals surface area contributed by atoms with Gasteiger partial charge in [-0.25, -0.2) is 4.39 Å². The Morgan fingerprint density at radius 3 is 3.05 bits per heavy atom. The maximum absolute atomic E-state index is 13.1. The first-order valence-corrected chi connectivity index (χ1v) is 6.90. The van der Waals surface area contributed by atoms with Crippen LogP contribution >= 0.6 is 27.3 Å². The van der Waals surface area contributed by atoms with E-state index in [0.29, 0.717) is 27.2 Å². The molecule has 0 radical (unpaired) electrons. The van der Waals surface area contributed by atoms with Crippen LogP contribution in [0.25, 0.3) is 4.96 Å². The van der Waals surface area contributed by atoms with Crippen LogP contribution in [0.1, 0.15) is 10.5 Å². The summed E-state index contributed by atoms with van der Waals surface area (Å²) in [5, 5.41) is 1.83. The fraction of sp³-hybridized carbons (Fsp3) is 0. The Hall–Kier alpha value is -1.73. The van der Waals surface area contributed by atoms with E-state index in [1.165, 1.54) is 29.5 Å². The van der Waals surface area contributed by atoms with Crippen molar-refractivity contribution in [3.05, 3.63) is 45.8 Å². The predicted octanol–water partition coefficient (Wildman–Crippen LogP) is 3.90. The SMILES string of the molecule is O=Cc1c(Oc2ccc(F)c(Br)c2)nc2sccn12. The molecule has 0 spiro atoms. The molecule has 0 atom stereocenters. The van der Waals surface area contributed by atoms with Crippen LogP contribution < -0.4 is 4.74 Å². The Kier molecular flexibility index (Phi) is 3.08. The molecule has 0 aliphatic heterocycles. The Labute approximate surface area is 119 Å². The lowest BCUT2D eigenvalue weighted by molar-refractivity contribution is 0.111. The van der Waals surface area contributed by atoms with Gasteiger partial charge in [0.05, 0.1) is 4.47 Å². The fourth-order valence-electron chi connectivity index (χ4n) is 1.62. The van der Waals surface area contributed by atoms with Gasteiger partial charge < -0.3 is 4.74 Å². The molecule has 0 aliphatic carbocycles. The minimum Gasteiger partial charge on any atom is -0.437 e. The van der Waals surface area contributed by atoms with E-state index >= 15 is 0 Å².